The van der Waals surface area contributed by atoms with Crippen molar-refractivity contribution >= 4 is 41.5 Å². The van der Waals surface area contributed by atoms with E-state index in [-0.39, 0.29) is 18.3 Å². The Bertz CT molecular complexity index is 416. The molecule has 0 fully saturated rings. The molecule has 1 aromatic rings. The molecule has 0 radical (unpaired) electrons. The lowest BCUT2D eigenvalue weighted by Crippen LogP contribution is -2.39. The van der Waals surface area contributed by atoms with Gasteiger partial charge in [-0.2, -0.15) is 0 Å². The Morgan fingerprint density at radius 1 is 1.32 bits per heavy atom. The number of hydrogen-bond donors (Lipinski definition) is 2. The standard InChI is InChI=1S/C12H16Cl2N2O2.ClH/c1-8(12(17)16-6-5-15-2)18-9-3-4-10(13)11(14)7-9;/h3-4,7-8,15H,5-6H2,1-2H3,(H,16,17);1H. The van der Waals surface area contributed by atoms with Crippen LogP contribution in [0.5, 0.6) is 5.75 Å². The third kappa shape index (κ3) is 6.34. The number of hydrogen-bond acceptors (Lipinski definition) is 3. The molecular formula is C12H17Cl3N2O2. The van der Waals surface area contributed by atoms with Gasteiger partial charge in [-0.1, -0.05) is 23.2 Å². The van der Waals surface area contributed by atoms with Crippen LogP contribution in [0.25, 0.3) is 0 Å². The molecule has 0 aliphatic carbocycles. The summed E-state index contributed by atoms with van der Waals surface area (Å²) in [4.78, 5) is 11.7. The Kier molecular flexibility index (Phi) is 8.93. The van der Waals surface area contributed by atoms with E-state index in [2.05, 4.69) is 10.6 Å². The number of carbonyl (C=O) groups is 1. The van der Waals surface area contributed by atoms with Gasteiger partial charge >= 0.3 is 0 Å². The number of likely N-dealkylation sites (N-methyl/N-ethyl adjacent to an activating group) is 1. The first-order chi connectivity index (χ1) is 8.54. The molecule has 0 saturated carbocycles. The number of ether oxygens (including phenoxy) is 1. The molecule has 0 aliphatic rings. The van der Waals surface area contributed by atoms with Gasteiger partial charge in [0.15, 0.2) is 6.10 Å². The fourth-order valence-electron chi connectivity index (χ4n) is 1.26. The van der Waals surface area contributed by atoms with Crippen molar-refractivity contribution in [1.29, 1.82) is 0 Å². The fraction of sp³-hybridized carbons (Fsp3) is 0.417. The molecule has 1 rings (SSSR count). The number of nitrogens with one attached hydrogen (secondary N) is 2. The molecule has 1 aromatic carbocycles. The highest BCUT2D eigenvalue weighted by Crippen LogP contribution is 2.26. The van der Waals surface area contributed by atoms with E-state index in [9.17, 15) is 4.79 Å². The molecule has 4 nitrogen and oxygen atoms in total. The molecule has 7 heteroatoms. The smallest absolute Gasteiger partial charge is 0.260 e. The molecule has 0 bridgehead atoms. The lowest BCUT2D eigenvalue weighted by molar-refractivity contribution is -0.127. The summed E-state index contributed by atoms with van der Waals surface area (Å²) in [5.74, 6) is 0.344. The molecule has 2 N–H and O–H groups in total. The Balaban J connectivity index is 0.00000324. The van der Waals surface area contributed by atoms with Crippen LogP contribution in [0.2, 0.25) is 10.0 Å². The molecule has 0 spiro atoms. The molecule has 108 valence electrons. The maximum absolute atomic E-state index is 11.7. The molecule has 0 heterocycles. The van der Waals surface area contributed by atoms with Gasteiger partial charge in [0.05, 0.1) is 10.0 Å². The van der Waals surface area contributed by atoms with E-state index in [1.165, 1.54) is 0 Å². The zero-order chi connectivity index (χ0) is 13.5. The van der Waals surface area contributed by atoms with Crippen molar-refractivity contribution in [2.24, 2.45) is 0 Å². The van der Waals surface area contributed by atoms with Crippen LogP contribution >= 0.6 is 35.6 Å². The van der Waals surface area contributed by atoms with Crippen LogP contribution in [0.4, 0.5) is 0 Å². The van der Waals surface area contributed by atoms with Crippen molar-refractivity contribution in [3.05, 3.63) is 28.2 Å². The van der Waals surface area contributed by atoms with E-state index in [1.807, 2.05) is 7.05 Å². The van der Waals surface area contributed by atoms with E-state index in [0.717, 1.165) is 0 Å². The minimum atomic E-state index is -0.584. The zero-order valence-electron chi connectivity index (χ0n) is 10.7. The van der Waals surface area contributed by atoms with Crippen LogP contribution in [-0.2, 0) is 4.79 Å². The first-order valence-corrected chi connectivity index (χ1v) is 6.34. The van der Waals surface area contributed by atoms with Gasteiger partial charge in [0.2, 0.25) is 0 Å². The molecule has 1 unspecified atom stereocenters. The van der Waals surface area contributed by atoms with Gasteiger partial charge in [-0.25, -0.2) is 0 Å². The second kappa shape index (κ2) is 9.26. The Hall–Kier alpha value is -0.680. The topological polar surface area (TPSA) is 50.4 Å². The minimum absolute atomic E-state index is 0. The number of carbonyl (C=O) groups excluding carboxylic acids is 1. The van der Waals surface area contributed by atoms with Crippen molar-refractivity contribution in [3.63, 3.8) is 0 Å². The summed E-state index contributed by atoms with van der Waals surface area (Å²) in [6.07, 6.45) is -0.584. The molecule has 1 amide bonds. The second-order valence-corrected chi connectivity index (χ2v) is 4.54. The zero-order valence-corrected chi connectivity index (χ0v) is 13.0. The number of rotatable bonds is 6. The summed E-state index contributed by atoms with van der Waals surface area (Å²) in [6, 6.07) is 4.89. The quantitative estimate of drug-likeness (QED) is 0.789. The third-order valence-electron chi connectivity index (χ3n) is 2.25. The van der Waals surface area contributed by atoms with Crippen LogP contribution < -0.4 is 15.4 Å². The normalized spacial score (nSPS) is 11.4. The average Bonchev–Trinajstić information content (AvgIpc) is 2.34. The van der Waals surface area contributed by atoms with Gasteiger partial charge in [0.1, 0.15) is 5.75 Å². The van der Waals surface area contributed by atoms with E-state index in [0.29, 0.717) is 28.9 Å². The van der Waals surface area contributed by atoms with Crippen molar-refractivity contribution in [2.75, 3.05) is 20.1 Å². The van der Waals surface area contributed by atoms with Crippen LogP contribution in [0.1, 0.15) is 6.92 Å². The lowest BCUT2D eigenvalue weighted by Gasteiger charge is -2.15. The summed E-state index contributed by atoms with van der Waals surface area (Å²) in [6.45, 7) is 2.95. The van der Waals surface area contributed by atoms with Crippen molar-refractivity contribution in [2.45, 2.75) is 13.0 Å². The van der Waals surface area contributed by atoms with Crippen molar-refractivity contribution in [3.8, 4) is 5.75 Å². The first kappa shape index (κ1) is 18.3. The van der Waals surface area contributed by atoms with Gasteiger partial charge < -0.3 is 15.4 Å². The number of benzene rings is 1. The molecule has 0 aliphatic heterocycles. The highest BCUT2D eigenvalue weighted by molar-refractivity contribution is 6.42. The minimum Gasteiger partial charge on any atom is -0.481 e. The van der Waals surface area contributed by atoms with Gasteiger partial charge in [-0.05, 0) is 26.1 Å². The van der Waals surface area contributed by atoms with Crippen LogP contribution in [0.3, 0.4) is 0 Å². The number of halogens is 3. The van der Waals surface area contributed by atoms with E-state index >= 15 is 0 Å². The molecular weight excluding hydrogens is 311 g/mol. The first-order valence-electron chi connectivity index (χ1n) is 5.58. The Labute approximate surface area is 129 Å². The van der Waals surface area contributed by atoms with Crippen molar-refractivity contribution in [1.82, 2.24) is 10.6 Å². The summed E-state index contributed by atoms with van der Waals surface area (Å²) in [5, 5.41) is 6.54. The Morgan fingerprint density at radius 2 is 2.00 bits per heavy atom. The fourth-order valence-corrected chi connectivity index (χ4v) is 1.55. The van der Waals surface area contributed by atoms with Gasteiger partial charge in [-0.15, -0.1) is 12.4 Å². The predicted octanol–water partition coefficient (Wildman–Crippen LogP) is 2.52. The van der Waals surface area contributed by atoms with Gasteiger partial charge in [0, 0.05) is 19.2 Å². The summed E-state index contributed by atoms with van der Waals surface area (Å²) in [5.41, 5.74) is 0. The summed E-state index contributed by atoms with van der Waals surface area (Å²) < 4.78 is 5.47. The predicted molar refractivity (Wildman–Crippen MR) is 80.7 cm³/mol. The van der Waals surface area contributed by atoms with Gasteiger partial charge in [-0.3, -0.25) is 4.79 Å². The van der Waals surface area contributed by atoms with E-state index in [1.54, 1.807) is 25.1 Å². The lowest BCUT2D eigenvalue weighted by atomic mass is 10.3. The van der Waals surface area contributed by atoms with E-state index < -0.39 is 6.10 Å². The second-order valence-electron chi connectivity index (χ2n) is 3.73. The summed E-state index contributed by atoms with van der Waals surface area (Å²) >= 11 is 11.6. The molecule has 0 saturated heterocycles. The highest BCUT2D eigenvalue weighted by atomic mass is 35.5. The SMILES string of the molecule is CNCCNC(=O)C(C)Oc1ccc(Cl)c(Cl)c1.Cl. The van der Waals surface area contributed by atoms with Crippen LogP contribution in [0, 0.1) is 0 Å². The highest BCUT2D eigenvalue weighted by Gasteiger charge is 2.14. The molecule has 0 aromatic heterocycles. The number of amides is 1. The largest absolute Gasteiger partial charge is 0.481 e. The third-order valence-corrected chi connectivity index (χ3v) is 2.99. The summed E-state index contributed by atoms with van der Waals surface area (Å²) in [7, 11) is 1.82. The van der Waals surface area contributed by atoms with Gasteiger partial charge in [0.25, 0.3) is 5.91 Å². The Morgan fingerprint density at radius 3 is 2.58 bits per heavy atom. The maximum atomic E-state index is 11.7. The molecule has 1 atom stereocenters. The van der Waals surface area contributed by atoms with Crippen LogP contribution in [0.15, 0.2) is 18.2 Å². The molecule has 19 heavy (non-hydrogen) atoms. The maximum Gasteiger partial charge on any atom is 0.260 e. The van der Waals surface area contributed by atoms with E-state index in [4.69, 9.17) is 27.9 Å². The van der Waals surface area contributed by atoms with Crippen molar-refractivity contribution < 1.29 is 9.53 Å². The van der Waals surface area contributed by atoms with Crippen LogP contribution in [-0.4, -0.2) is 32.1 Å². The average molecular weight is 328 g/mol. The monoisotopic (exact) mass is 326 g/mol.